The Labute approximate surface area is 157 Å². The summed E-state index contributed by atoms with van der Waals surface area (Å²) in [6.45, 7) is 2.43. The highest BCUT2D eigenvalue weighted by atomic mass is 35.5. The molecule has 2 amide bonds. The van der Waals surface area contributed by atoms with Gasteiger partial charge in [0.05, 0.1) is 12.7 Å². The summed E-state index contributed by atoms with van der Waals surface area (Å²) in [5.74, 6) is 0.412. The molecule has 3 rings (SSSR count). The smallest absolute Gasteiger partial charge is 0.258 e. The van der Waals surface area contributed by atoms with Gasteiger partial charge in [-0.3, -0.25) is 9.59 Å². The van der Waals surface area contributed by atoms with Gasteiger partial charge >= 0.3 is 0 Å². The van der Waals surface area contributed by atoms with Crippen molar-refractivity contribution in [3.63, 3.8) is 0 Å². The molecule has 6 nitrogen and oxygen atoms in total. The molecule has 1 aliphatic rings. The lowest BCUT2D eigenvalue weighted by molar-refractivity contribution is -0.119. The van der Waals surface area contributed by atoms with E-state index in [1.54, 1.807) is 35.4 Å². The van der Waals surface area contributed by atoms with Gasteiger partial charge in [0.1, 0.15) is 17.6 Å². The Morgan fingerprint density at radius 3 is 2.85 bits per heavy atom. The Morgan fingerprint density at radius 1 is 1.31 bits per heavy atom. The molecule has 0 aliphatic carbocycles. The number of carbonyl (C=O) groups is 2. The van der Waals surface area contributed by atoms with Crippen LogP contribution >= 0.6 is 11.6 Å². The van der Waals surface area contributed by atoms with Crippen LogP contribution in [0.4, 0.5) is 5.82 Å². The number of aryl methyl sites for hydroxylation is 1. The number of hydrogen-bond acceptors (Lipinski definition) is 4. The van der Waals surface area contributed by atoms with E-state index in [9.17, 15) is 9.59 Å². The first kappa shape index (κ1) is 18.2. The Balaban J connectivity index is 1.80. The molecule has 136 valence electrons. The van der Waals surface area contributed by atoms with Gasteiger partial charge in [-0.1, -0.05) is 11.6 Å². The number of benzene rings is 1. The monoisotopic (exact) mass is 373 g/mol. The van der Waals surface area contributed by atoms with E-state index >= 15 is 0 Å². The number of nitrogens with zero attached hydrogens (tertiary/aromatic N) is 2. The van der Waals surface area contributed by atoms with Crippen LogP contribution in [0.3, 0.4) is 0 Å². The summed E-state index contributed by atoms with van der Waals surface area (Å²) in [7, 11) is 1.50. The van der Waals surface area contributed by atoms with Crippen molar-refractivity contribution in [1.29, 1.82) is 0 Å². The second-order valence-electron chi connectivity index (χ2n) is 6.21. The Hall–Kier alpha value is -2.60. The summed E-state index contributed by atoms with van der Waals surface area (Å²) in [6.07, 6.45) is 3.00. The highest BCUT2D eigenvalue weighted by molar-refractivity contribution is 6.31. The Bertz CT molecular complexity index is 841. The van der Waals surface area contributed by atoms with Crippen LogP contribution in [0.25, 0.3) is 0 Å². The standard InChI is InChI=1S/C19H20ClN3O3/c1-12-7-8-21-17(10-12)22-18(24)15-4-3-9-23(15)19(25)14-11-13(20)5-6-16(14)26-2/h5-8,10-11,15H,3-4,9H2,1-2H3,(H,21,22,24). The number of pyridine rings is 1. The molecule has 1 fully saturated rings. The third kappa shape index (κ3) is 3.80. The number of methoxy groups -OCH3 is 1. The lowest BCUT2D eigenvalue weighted by atomic mass is 10.1. The normalized spacial score (nSPS) is 16.4. The lowest BCUT2D eigenvalue weighted by Crippen LogP contribution is -2.43. The van der Waals surface area contributed by atoms with Gasteiger partial charge < -0.3 is 15.0 Å². The van der Waals surface area contributed by atoms with Gasteiger partial charge in [0.25, 0.3) is 5.91 Å². The summed E-state index contributed by atoms with van der Waals surface area (Å²) in [4.78, 5) is 31.4. The average molecular weight is 374 g/mol. The number of ether oxygens (including phenoxy) is 1. The van der Waals surface area contributed by atoms with Crippen molar-refractivity contribution in [3.05, 3.63) is 52.7 Å². The van der Waals surface area contributed by atoms with Gasteiger partial charge in [0, 0.05) is 17.8 Å². The maximum atomic E-state index is 13.0. The van der Waals surface area contributed by atoms with Crippen molar-refractivity contribution in [2.24, 2.45) is 0 Å². The minimum absolute atomic E-state index is 0.241. The molecular formula is C19H20ClN3O3. The molecule has 0 radical (unpaired) electrons. The van der Waals surface area contributed by atoms with Crippen LogP contribution in [-0.2, 0) is 4.79 Å². The van der Waals surface area contributed by atoms with E-state index < -0.39 is 6.04 Å². The number of halogens is 1. The second-order valence-corrected chi connectivity index (χ2v) is 6.65. The van der Waals surface area contributed by atoms with Crippen LogP contribution in [0.2, 0.25) is 5.02 Å². The minimum Gasteiger partial charge on any atom is -0.496 e. The largest absolute Gasteiger partial charge is 0.496 e. The number of anilines is 1. The van der Waals surface area contributed by atoms with Crippen LogP contribution in [0, 0.1) is 6.92 Å². The molecular weight excluding hydrogens is 354 g/mol. The molecule has 1 N–H and O–H groups in total. The number of carbonyl (C=O) groups excluding carboxylic acids is 2. The fourth-order valence-corrected chi connectivity index (χ4v) is 3.27. The molecule has 1 aromatic heterocycles. The van der Waals surface area contributed by atoms with Gasteiger partial charge in [0.2, 0.25) is 5.91 Å². The third-order valence-electron chi connectivity index (χ3n) is 4.37. The van der Waals surface area contributed by atoms with Gasteiger partial charge in [-0.25, -0.2) is 4.98 Å². The van der Waals surface area contributed by atoms with Crippen molar-refractivity contribution >= 4 is 29.2 Å². The van der Waals surface area contributed by atoms with E-state index in [2.05, 4.69) is 10.3 Å². The van der Waals surface area contributed by atoms with Gasteiger partial charge in [-0.2, -0.15) is 0 Å². The number of aromatic nitrogens is 1. The van der Waals surface area contributed by atoms with Crippen LogP contribution in [0.15, 0.2) is 36.5 Å². The molecule has 1 atom stereocenters. The van der Waals surface area contributed by atoms with Crippen molar-refractivity contribution < 1.29 is 14.3 Å². The number of amides is 2. The molecule has 0 bridgehead atoms. The molecule has 1 aliphatic heterocycles. The topological polar surface area (TPSA) is 71.5 Å². The highest BCUT2D eigenvalue weighted by Gasteiger charge is 2.35. The Kier molecular flexibility index (Phi) is 5.42. The predicted octanol–water partition coefficient (Wildman–Crippen LogP) is 3.30. The summed E-state index contributed by atoms with van der Waals surface area (Å²) in [5, 5.41) is 3.24. The summed E-state index contributed by atoms with van der Waals surface area (Å²) in [5.41, 5.74) is 1.35. The van der Waals surface area contributed by atoms with Gasteiger partial charge in [-0.05, 0) is 55.7 Å². The fourth-order valence-electron chi connectivity index (χ4n) is 3.10. The van der Waals surface area contributed by atoms with E-state index in [1.807, 2.05) is 13.0 Å². The third-order valence-corrected chi connectivity index (χ3v) is 4.61. The van der Waals surface area contributed by atoms with E-state index in [4.69, 9.17) is 16.3 Å². The van der Waals surface area contributed by atoms with Crippen molar-refractivity contribution in [2.45, 2.75) is 25.8 Å². The van der Waals surface area contributed by atoms with E-state index in [0.29, 0.717) is 35.1 Å². The number of likely N-dealkylation sites (tertiary alicyclic amines) is 1. The number of hydrogen-bond donors (Lipinski definition) is 1. The van der Waals surface area contributed by atoms with Crippen molar-refractivity contribution in [2.75, 3.05) is 19.0 Å². The zero-order valence-electron chi connectivity index (χ0n) is 14.7. The highest BCUT2D eigenvalue weighted by Crippen LogP contribution is 2.28. The number of nitrogens with one attached hydrogen (secondary N) is 1. The van der Waals surface area contributed by atoms with Gasteiger partial charge in [0.15, 0.2) is 0 Å². The quantitative estimate of drug-likeness (QED) is 0.892. The molecule has 1 unspecified atom stereocenters. The fraction of sp³-hybridized carbons (Fsp3) is 0.316. The summed E-state index contributed by atoms with van der Waals surface area (Å²) < 4.78 is 5.27. The first-order chi connectivity index (χ1) is 12.5. The molecule has 2 heterocycles. The zero-order valence-corrected chi connectivity index (χ0v) is 15.4. The van der Waals surface area contributed by atoms with Crippen molar-refractivity contribution in [3.8, 4) is 5.75 Å². The summed E-state index contributed by atoms with van der Waals surface area (Å²) in [6, 6.07) is 7.98. The summed E-state index contributed by atoms with van der Waals surface area (Å²) >= 11 is 6.03. The van der Waals surface area contributed by atoms with E-state index in [0.717, 1.165) is 12.0 Å². The lowest BCUT2D eigenvalue weighted by Gasteiger charge is -2.24. The average Bonchev–Trinajstić information content (AvgIpc) is 3.11. The van der Waals surface area contributed by atoms with Crippen LogP contribution in [-0.4, -0.2) is 41.4 Å². The second kappa shape index (κ2) is 7.74. The molecule has 1 aromatic carbocycles. The number of rotatable bonds is 4. The first-order valence-corrected chi connectivity index (χ1v) is 8.75. The van der Waals surface area contributed by atoms with Crippen molar-refractivity contribution in [1.82, 2.24) is 9.88 Å². The molecule has 7 heteroatoms. The maximum absolute atomic E-state index is 13.0. The predicted molar refractivity (Wildman–Crippen MR) is 99.7 cm³/mol. The molecule has 1 saturated heterocycles. The van der Waals surface area contributed by atoms with Crippen LogP contribution < -0.4 is 10.1 Å². The maximum Gasteiger partial charge on any atom is 0.258 e. The van der Waals surface area contributed by atoms with Crippen LogP contribution in [0.5, 0.6) is 5.75 Å². The van der Waals surface area contributed by atoms with E-state index in [-0.39, 0.29) is 11.8 Å². The Morgan fingerprint density at radius 2 is 2.12 bits per heavy atom. The SMILES string of the molecule is COc1ccc(Cl)cc1C(=O)N1CCCC1C(=O)Nc1cc(C)ccn1. The molecule has 26 heavy (non-hydrogen) atoms. The molecule has 2 aromatic rings. The van der Waals surface area contributed by atoms with E-state index in [1.165, 1.54) is 7.11 Å². The molecule has 0 saturated carbocycles. The zero-order chi connectivity index (χ0) is 18.7. The molecule has 0 spiro atoms. The van der Waals surface area contributed by atoms with Gasteiger partial charge in [-0.15, -0.1) is 0 Å². The minimum atomic E-state index is -0.548. The first-order valence-electron chi connectivity index (χ1n) is 8.37. The van der Waals surface area contributed by atoms with Crippen LogP contribution in [0.1, 0.15) is 28.8 Å².